The van der Waals surface area contributed by atoms with Crippen LogP contribution in [0, 0.1) is 18.3 Å². The summed E-state index contributed by atoms with van der Waals surface area (Å²) in [5.41, 5.74) is 3.04. The number of nitrogens with one attached hydrogen (secondary N) is 2. The standard InChI is InChI=1S/C18H16N6O/c1-11-7-12(9-19)10-20-16(11)18(25)21-13-3-4-15-14(8-13)17(23-22-15)24-5-2-6-24/h3-4,7-8,10H,2,5-6H2,1H3,(H,21,25)(H,22,23). The molecular weight excluding hydrogens is 316 g/mol. The van der Waals surface area contributed by atoms with Gasteiger partial charge in [-0.1, -0.05) is 0 Å². The summed E-state index contributed by atoms with van der Waals surface area (Å²) in [6.45, 7) is 3.78. The van der Waals surface area contributed by atoms with Gasteiger partial charge in [-0.2, -0.15) is 10.4 Å². The molecule has 0 spiro atoms. The fourth-order valence-electron chi connectivity index (χ4n) is 2.91. The van der Waals surface area contributed by atoms with Crippen molar-refractivity contribution in [2.75, 3.05) is 23.3 Å². The first-order valence-corrected chi connectivity index (χ1v) is 8.07. The van der Waals surface area contributed by atoms with Crippen LogP contribution in [0.5, 0.6) is 0 Å². The van der Waals surface area contributed by atoms with Gasteiger partial charge in [-0.15, -0.1) is 0 Å². The Kier molecular flexibility index (Phi) is 3.58. The zero-order valence-electron chi connectivity index (χ0n) is 13.7. The normalized spacial score (nSPS) is 13.4. The number of amides is 1. The van der Waals surface area contributed by atoms with Gasteiger partial charge < -0.3 is 10.2 Å². The number of H-pyrrole nitrogens is 1. The van der Waals surface area contributed by atoms with Gasteiger partial charge in [-0.05, 0) is 43.2 Å². The lowest BCUT2D eigenvalue weighted by molar-refractivity contribution is 0.102. The Morgan fingerprint density at radius 3 is 2.88 bits per heavy atom. The molecule has 1 aromatic carbocycles. The second-order valence-electron chi connectivity index (χ2n) is 6.10. The van der Waals surface area contributed by atoms with Crippen LogP contribution in [-0.2, 0) is 0 Å². The number of pyridine rings is 1. The van der Waals surface area contributed by atoms with Crippen LogP contribution in [0.25, 0.3) is 10.9 Å². The Balaban J connectivity index is 1.62. The lowest BCUT2D eigenvalue weighted by atomic mass is 10.1. The highest BCUT2D eigenvalue weighted by Crippen LogP contribution is 2.29. The summed E-state index contributed by atoms with van der Waals surface area (Å²) in [5, 5.41) is 20.2. The monoisotopic (exact) mass is 332 g/mol. The largest absolute Gasteiger partial charge is 0.355 e. The van der Waals surface area contributed by atoms with Crippen molar-refractivity contribution in [2.45, 2.75) is 13.3 Å². The number of carbonyl (C=O) groups is 1. The molecule has 0 unspecified atom stereocenters. The quantitative estimate of drug-likeness (QED) is 0.768. The predicted octanol–water partition coefficient (Wildman–Crippen LogP) is 2.60. The van der Waals surface area contributed by atoms with E-state index in [1.807, 2.05) is 24.3 Å². The van der Waals surface area contributed by atoms with E-state index >= 15 is 0 Å². The van der Waals surface area contributed by atoms with Crippen LogP contribution in [0.2, 0.25) is 0 Å². The van der Waals surface area contributed by atoms with Gasteiger partial charge in [-0.3, -0.25) is 9.89 Å². The van der Waals surface area contributed by atoms with E-state index in [1.54, 1.807) is 13.0 Å². The number of hydrogen-bond acceptors (Lipinski definition) is 5. The van der Waals surface area contributed by atoms with Crippen molar-refractivity contribution in [1.82, 2.24) is 15.2 Å². The van der Waals surface area contributed by atoms with E-state index in [-0.39, 0.29) is 5.91 Å². The third-order valence-electron chi connectivity index (χ3n) is 4.38. The maximum Gasteiger partial charge on any atom is 0.274 e. The van der Waals surface area contributed by atoms with Gasteiger partial charge in [0.1, 0.15) is 11.8 Å². The van der Waals surface area contributed by atoms with Gasteiger partial charge in [0.05, 0.1) is 11.1 Å². The molecule has 3 heterocycles. The molecule has 1 fully saturated rings. The molecule has 0 radical (unpaired) electrons. The minimum atomic E-state index is -0.296. The number of benzene rings is 1. The van der Waals surface area contributed by atoms with Crippen molar-refractivity contribution >= 4 is 28.3 Å². The molecule has 25 heavy (non-hydrogen) atoms. The minimum Gasteiger partial charge on any atom is -0.355 e. The zero-order valence-corrected chi connectivity index (χ0v) is 13.7. The van der Waals surface area contributed by atoms with Crippen LogP contribution in [0.15, 0.2) is 30.5 Å². The van der Waals surface area contributed by atoms with E-state index < -0.39 is 0 Å². The topological polar surface area (TPSA) is 97.7 Å². The van der Waals surface area contributed by atoms with Gasteiger partial charge in [0.25, 0.3) is 5.91 Å². The molecule has 124 valence electrons. The average Bonchev–Trinajstić information content (AvgIpc) is 2.96. The smallest absolute Gasteiger partial charge is 0.274 e. The van der Waals surface area contributed by atoms with Crippen LogP contribution in [-0.4, -0.2) is 34.2 Å². The fourth-order valence-corrected chi connectivity index (χ4v) is 2.91. The summed E-state index contributed by atoms with van der Waals surface area (Å²) in [7, 11) is 0. The van der Waals surface area contributed by atoms with Gasteiger partial charge in [0.15, 0.2) is 5.82 Å². The first-order chi connectivity index (χ1) is 12.2. The highest BCUT2D eigenvalue weighted by Gasteiger charge is 2.20. The molecule has 0 aliphatic carbocycles. The third kappa shape index (κ3) is 2.68. The van der Waals surface area contributed by atoms with Crippen molar-refractivity contribution < 1.29 is 4.79 Å². The van der Waals surface area contributed by atoms with Crippen molar-refractivity contribution in [3.8, 4) is 6.07 Å². The molecule has 7 heteroatoms. The molecular formula is C18H16N6O. The van der Waals surface area contributed by atoms with E-state index in [1.165, 1.54) is 12.6 Å². The number of rotatable bonds is 3. The first kappa shape index (κ1) is 15.1. The van der Waals surface area contributed by atoms with Gasteiger partial charge in [0.2, 0.25) is 0 Å². The molecule has 7 nitrogen and oxygen atoms in total. The molecule has 2 aromatic heterocycles. The van der Waals surface area contributed by atoms with Crippen LogP contribution in [0.4, 0.5) is 11.5 Å². The number of carbonyl (C=O) groups excluding carboxylic acids is 1. The maximum atomic E-state index is 12.5. The highest BCUT2D eigenvalue weighted by molar-refractivity contribution is 6.05. The lowest BCUT2D eigenvalue weighted by Gasteiger charge is -2.31. The second-order valence-corrected chi connectivity index (χ2v) is 6.10. The van der Waals surface area contributed by atoms with Crippen LogP contribution in [0.1, 0.15) is 28.0 Å². The molecule has 1 saturated heterocycles. The van der Waals surface area contributed by atoms with E-state index in [0.29, 0.717) is 22.5 Å². The number of hydrogen-bond donors (Lipinski definition) is 2. The number of nitriles is 1. The Morgan fingerprint density at radius 1 is 1.36 bits per heavy atom. The van der Waals surface area contributed by atoms with Crippen LogP contribution >= 0.6 is 0 Å². The lowest BCUT2D eigenvalue weighted by Crippen LogP contribution is -2.37. The van der Waals surface area contributed by atoms with Gasteiger partial charge in [0, 0.05) is 30.4 Å². The number of anilines is 2. The Hall–Kier alpha value is -3.40. The molecule has 0 bridgehead atoms. The summed E-state index contributed by atoms with van der Waals surface area (Å²) in [5.74, 6) is 0.625. The van der Waals surface area contributed by atoms with Crippen LogP contribution in [0.3, 0.4) is 0 Å². The van der Waals surface area contributed by atoms with E-state index in [9.17, 15) is 4.79 Å². The molecule has 1 aliphatic heterocycles. The fraction of sp³-hybridized carbons (Fsp3) is 0.222. The summed E-state index contributed by atoms with van der Waals surface area (Å²) in [4.78, 5) is 18.8. The van der Waals surface area contributed by atoms with E-state index in [0.717, 1.165) is 29.8 Å². The highest BCUT2D eigenvalue weighted by atomic mass is 16.1. The number of nitrogens with zero attached hydrogens (tertiary/aromatic N) is 4. The van der Waals surface area contributed by atoms with Crippen LogP contribution < -0.4 is 10.2 Å². The number of fused-ring (bicyclic) bond motifs is 1. The van der Waals surface area contributed by atoms with Crippen molar-refractivity contribution in [1.29, 1.82) is 5.26 Å². The molecule has 1 aliphatic rings. The van der Waals surface area contributed by atoms with Gasteiger partial charge in [-0.25, -0.2) is 4.98 Å². The predicted molar refractivity (Wildman–Crippen MR) is 94.6 cm³/mol. The summed E-state index contributed by atoms with van der Waals surface area (Å²) < 4.78 is 0. The molecule has 2 N–H and O–H groups in total. The van der Waals surface area contributed by atoms with Crippen molar-refractivity contribution in [3.63, 3.8) is 0 Å². The van der Waals surface area contributed by atoms with Crippen molar-refractivity contribution in [2.24, 2.45) is 0 Å². The number of aryl methyl sites for hydroxylation is 1. The Labute approximate surface area is 144 Å². The first-order valence-electron chi connectivity index (χ1n) is 8.07. The summed E-state index contributed by atoms with van der Waals surface area (Å²) in [6, 6.07) is 9.33. The summed E-state index contributed by atoms with van der Waals surface area (Å²) in [6.07, 6.45) is 2.58. The molecule has 0 atom stereocenters. The molecule has 4 rings (SSSR count). The third-order valence-corrected chi connectivity index (χ3v) is 4.38. The average molecular weight is 332 g/mol. The number of aromatic nitrogens is 3. The summed E-state index contributed by atoms with van der Waals surface area (Å²) >= 11 is 0. The second kappa shape index (κ2) is 5.91. The van der Waals surface area contributed by atoms with Gasteiger partial charge >= 0.3 is 0 Å². The van der Waals surface area contributed by atoms with Crippen molar-refractivity contribution in [3.05, 3.63) is 47.3 Å². The van der Waals surface area contributed by atoms with E-state index in [4.69, 9.17) is 5.26 Å². The maximum absolute atomic E-state index is 12.5. The Morgan fingerprint density at radius 2 is 2.20 bits per heavy atom. The Bertz CT molecular complexity index is 1010. The zero-order chi connectivity index (χ0) is 17.4. The molecule has 3 aromatic rings. The SMILES string of the molecule is Cc1cc(C#N)cnc1C(=O)Nc1ccc2[nH]nc(N3CCC3)c2c1. The molecule has 0 saturated carbocycles. The van der Waals surface area contributed by atoms with E-state index in [2.05, 4.69) is 25.4 Å². The molecule has 1 amide bonds. The minimum absolute atomic E-state index is 0.296. The number of aromatic amines is 1.